The van der Waals surface area contributed by atoms with E-state index in [9.17, 15) is 4.79 Å². The lowest BCUT2D eigenvalue weighted by molar-refractivity contribution is -0.142. The van der Waals surface area contributed by atoms with Crippen LogP contribution in [-0.2, 0) is 16.1 Å². The molecule has 2 aromatic carbocycles. The molecule has 0 unspecified atom stereocenters. The van der Waals surface area contributed by atoms with Gasteiger partial charge in [-0.05, 0) is 17.2 Å². The number of ether oxygens (including phenoxy) is 2. The molecule has 4 rings (SSSR count). The van der Waals surface area contributed by atoms with Gasteiger partial charge in [0.15, 0.2) is 0 Å². The van der Waals surface area contributed by atoms with Crippen molar-refractivity contribution in [3.63, 3.8) is 0 Å². The van der Waals surface area contributed by atoms with Gasteiger partial charge in [-0.25, -0.2) is 0 Å². The van der Waals surface area contributed by atoms with Gasteiger partial charge in [-0.15, -0.1) is 0 Å². The summed E-state index contributed by atoms with van der Waals surface area (Å²) < 4.78 is 10.8. The third-order valence-corrected chi connectivity index (χ3v) is 5.00. The summed E-state index contributed by atoms with van der Waals surface area (Å²) in [6.45, 7) is 2.34. The maximum absolute atomic E-state index is 12.2. The van der Waals surface area contributed by atoms with E-state index in [0.29, 0.717) is 6.61 Å². The van der Waals surface area contributed by atoms with E-state index in [-0.39, 0.29) is 23.7 Å². The van der Waals surface area contributed by atoms with E-state index in [1.54, 1.807) is 0 Å². The second-order valence-corrected chi connectivity index (χ2v) is 6.40. The fourth-order valence-electron chi connectivity index (χ4n) is 3.79. The molecule has 2 aliphatic rings. The van der Waals surface area contributed by atoms with Gasteiger partial charge in [0.2, 0.25) is 0 Å². The molecule has 0 radical (unpaired) electrons. The van der Waals surface area contributed by atoms with Gasteiger partial charge in [0.1, 0.15) is 12.4 Å². The lowest BCUT2D eigenvalue weighted by atomic mass is 10.0. The molecule has 0 spiro atoms. The summed E-state index contributed by atoms with van der Waals surface area (Å²) in [5, 5.41) is 3.36. The van der Waals surface area contributed by atoms with Gasteiger partial charge in [-0.3, -0.25) is 4.79 Å². The van der Waals surface area contributed by atoms with Gasteiger partial charge in [0.05, 0.1) is 13.0 Å². The Morgan fingerprint density at radius 1 is 1.12 bits per heavy atom. The predicted molar refractivity (Wildman–Crippen MR) is 91.1 cm³/mol. The molecule has 1 saturated carbocycles. The monoisotopic (exact) mass is 323 g/mol. The summed E-state index contributed by atoms with van der Waals surface area (Å²) in [5.74, 6) is 1.08. The molecule has 1 heterocycles. The van der Waals surface area contributed by atoms with Gasteiger partial charge in [-0.2, -0.15) is 0 Å². The molecule has 4 heteroatoms. The lowest BCUT2D eigenvalue weighted by Crippen LogP contribution is -2.16. The second-order valence-electron chi connectivity index (χ2n) is 6.40. The van der Waals surface area contributed by atoms with Crippen LogP contribution >= 0.6 is 0 Å². The molecule has 1 N–H and O–H groups in total. The van der Waals surface area contributed by atoms with E-state index in [1.165, 1.54) is 18.2 Å². The van der Waals surface area contributed by atoms with E-state index < -0.39 is 0 Å². The third-order valence-electron chi connectivity index (χ3n) is 5.00. The van der Waals surface area contributed by atoms with Crippen molar-refractivity contribution in [3.05, 3.63) is 65.2 Å². The van der Waals surface area contributed by atoms with Crippen molar-refractivity contribution in [2.75, 3.05) is 20.3 Å². The number of benzene rings is 2. The number of nitrogens with one attached hydrogen (secondary N) is 1. The van der Waals surface area contributed by atoms with Crippen molar-refractivity contribution in [1.29, 1.82) is 0 Å². The largest absolute Gasteiger partial charge is 0.492 e. The number of hydrogen-bond donors (Lipinski definition) is 1. The van der Waals surface area contributed by atoms with Crippen molar-refractivity contribution < 1.29 is 14.3 Å². The first kappa shape index (κ1) is 15.2. The summed E-state index contributed by atoms with van der Waals surface area (Å²) in [7, 11) is 1.47. The molecule has 0 amide bonds. The maximum Gasteiger partial charge on any atom is 0.309 e. The zero-order valence-electron chi connectivity index (χ0n) is 13.7. The fraction of sp³-hybridized carbons (Fsp3) is 0.350. The summed E-state index contributed by atoms with van der Waals surface area (Å²) >= 11 is 0. The average Bonchev–Trinajstić information content (AvgIpc) is 3.41. The highest BCUT2D eigenvalue weighted by molar-refractivity contribution is 5.80. The molecule has 3 atom stereocenters. The number of carbonyl (C=O) groups excluding carboxylic acids is 1. The lowest BCUT2D eigenvalue weighted by Gasteiger charge is -2.09. The zero-order chi connectivity index (χ0) is 16.5. The van der Waals surface area contributed by atoms with Crippen LogP contribution in [0.15, 0.2) is 48.5 Å². The number of esters is 1. The third kappa shape index (κ3) is 2.67. The Kier molecular flexibility index (Phi) is 3.98. The number of methoxy groups -OCH3 is 1. The minimum absolute atomic E-state index is 0.102. The number of fused-ring (bicyclic) bond motifs is 1. The molecule has 24 heavy (non-hydrogen) atoms. The highest BCUT2D eigenvalue weighted by Crippen LogP contribution is 2.61. The first-order valence-electron chi connectivity index (χ1n) is 8.38. The van der Waals surface area contributed by atoms with Crippen molar-refractivity contribution in [1.82, 2.24) is 5.32 Å². The first-order valence-corrected chi connectivity index (χ1v) is 8.38. The van der Waals surface area contributed by atoms with Crippen molar-refractivity contribution in [2.45, 2.75) is 18.4 Å². The first-order chi connectivity index (χ1) is 11.8. The standard InChI is InChI=1S/C20H21NO3/c1-23-20(22)19-17(13-5-3-2-4-6-13)18(19)14-7-8-16-15(11-14)12-21-9-10-24-16/h2-8,11,17-19,21H,9-10,12H2,1H3/t17-,18-,19-/m1/s1. The smallest absolute Gasteiger partial charge is 0.309 e. The highest BCUT2D eigenvalue weighted by atomic mass is 16.5. The zero-order valence-corrected chi connectivity index (χ0v) is 13.7. The predicted octanol–water partition coefficient (Wildman–Crippen LogP) is 2.84. The number of rotatable bonds is 3. The Hall–Kier alpha value is -2.33. The fourth-order valence-corrected chi connectivity index (χ4v) is 3.79. The molecule has 1 aliphatic carbocycles. The molecular formula is C20H21NO3. The molecule has 1 aliphatic heterocycles. The Labute approximate surface area is 141 Å². The van der Waals surface area contributed by atoms with Crippen LogP contribution in [0.1, 0.15) is 28.5 Å². The molecule has 124 valence electrons. The summed E-state index contributed by atoms with van der Waals surface area (Å²) in [6, 6.07) is 16.5. The summed E-state index contributed by atoms with van der Waals surface area (Å²) in [4.78, 5) is 12.2. The Morgan fingerprint density at radius 3 is 2.71 bits per heavy atom. The molecule has 2 aromatic rings. The van der Waals surface area contributed by atoms with Crippen LogP contribution < -0.4 is 10.1 Å². The van der Waals surface area contributed by atoms with Crippen molar-refractivity contribution >= 4 is 5.97 Å². The Bertz CT molecular complexity index is 744. The van der Waals surface area contributed by atoms with Gasteiger partial charge in [0.25, 0.3) is 0 Å². The molecular weight excluding hydrogens is 302 g/mol. The van der Waals surface area contributed by atoms with Crippen LogP contribution in [0.25, 0.3) is 0 Å². The van der Waals surface area contributed by atoms with Crippen molar-refractivity contribution in [2.24, 2.45) is 5.92 Å². The van der Waals surface area contributed by atoms with Gasteiger partial charge >= 0.3 is 5.97 Å². The van der Waals surface area contributed by atoms with Crippen molar-refractivity contribution in [3.8, 4) is 5.75 Å². The van der Waals surface area contributed by atoms with E-state index in [1.807, 2.05) is 24.3 Å². The Morgan fingerprint density at radius 2 is 1.92 bits per heavy atom. The topological polar surface area (TPSA) is 47.6 Å². The van der Waals surface area contributed by atoms with E-state index in [2.05, 4.69) is 29.6 Å². The summed E-state index contributed by atoms with van der Waals surface area (Å²) in [5.41, 5.74) is 3.54. The summed E-state index contributed by atoms with van der Waals surface area (Å²) in [6.07, 6.45) is 0. The number of carbonyl (C=O) groups is 1. The molecule has 0 saturated heterocycles. The average molecular weight is 323 g/mol. The molecule has 0 aromatic heterocycles. The molecule has 1 fully saturated rings. The minimum Gasteiger partial charge on any atom is -0.492 e. The molecule has 0 bridgehead atoms. The Balaban J connectivity index is 1.67. The van der Waals surface area contributed by atoms with Crippen LogP contribution in [-0.4, -0.2) is 26.2 Å². The van der Waals surface area contributed by atoms with Gasteiger partial charge < -0.3 is 14.8 Å². The molecule has 4 nitrogen and oxygen atoms in total. The highest BCUT2D eigenvalue weighted by Gasteiger charge is 2.57. The second kappa shape index (κ2) is 6.29. The quantitative estimate of drug-likeness (QED) is 0.883. The van der Waals surface area contributed by atoms with Crippen LogP contribution in [0, 0.1) is 5.92 Å². The van der Waals surface area contributed by atoms with Crippen LogP contribution in [0.2, 0.25) is 0 Å². The van der Waals surface area contributed by atoms with Gasteiger partial charge in [0, 0.05) is 30.5 Å². The maximum atomic E-state index is 12.2. The van der Waals surface area contributed by atoms with E-state index >= 15 is 0 Å². The van der Waals surface area contributed by atoms with E-state index in [0.717, 1.165) is 24.4 Å². The van der Waals surface area contributed by atoms with Gasteiger partial charge in [-0.1, -0.05) is 42.5 Å². The minimum atomic E-state index is -0.127. The number of hydrogen-bond acceptors (Lipinski definition) is 4. The SMILES string of the molecule is COC(=O)[C@@H]1[C@H](c2ccccc2)[C@H]1c1ccc2c(c1)CNCCO2. The van der Waals surface area contributed by atoms with Crippen LogP contribution in [0.5, 0.6) is 5.75 Å². The normalized spacial score (nSPS) is 25.1. The van der Waals surface area contributed by atoms with Crippen LogP contribution in [0.3, 0.4) is 0 Å². The van der Waals surface area contributed by atoms with Crippen LogP contribution in [0.4, 0.5) is 0 Å². The van der Waals surface area contributed by atoms with E-state index in [4.69, 9.17) is 9.47 Å².